The van der Waals surface area contributed by atoms with Crippen molar-refractivity contribution in [1.82, 2.24) is 4.90 Å². The maximum atomic E-state index is 8.93. The molecule has 1 unspecified atom stereocenters. The zero-order valence-electron chi connectivity index (χ0n) is 10.5. The monoisotopic (exact) mass is 228 g/mol. The van der Waals surface area contributed by atoms with Crippen LogP contribution in [0.4, 0.5) is 0 Å². The van der Waals surface area contributed by atoms with Crippen LogP contribution in [0.1, 0.15) is 31.7 Å². The maximum Gasteiger partial charge on any atom is 0.0628 e. The van der Waals surface area contributed by atoms with Crippen LogP contribution in [0.15, 0.2) is 30.3 Å². The van der Waals surface area contributed by atoms with Gasteiger partial charge in [0.1, 0.15) is 0 Å². The van der Waals surface area contributed by atoms with Crippen LogP contribution in [0, 0.1) is 16.7 Å². The van der Waals surface area contributed by atoms with Gasteiger partial charge in [0.25, 0.3) is 0 Å². The first-order valence-electron chi connectivity index (χ1n) is 6.41. The highest BCUT2D eigenvalue weighted by Crippen LogP contribution is 2.37. The van der Waals surface area contributed by atoms with E-state index < -0.39 is 0 Å². The van der Waals surface area contributed by atoms with Gasteiger partial charge in [-0.3, -0.25) is 4.90 Å². The molecule has 1 fully saturated rings. The van der Waals surface area contributed by atoms with Crippen LogP contribution in [0.3, 0.4) is 0 Å². The molecule has 1 aliphatic rings. The van der Waals surface area contributed by atoms with E-state index in [2.05, 4.69) is 48.2 Å². The van der Waals surface area contributed by atoms with Crippen LogP contribution >= 0.6 is 0 Å². The fourth-order valence-corrected chi connectivity index (χ4v) is 2.73. The lowest BCUT2D eigenvalue weighted by Gasteiger charge is -2.25. The topological polar surface area (TPSA) is 27.0 Å². The Labute approximate surface area is 104 Å². The van der Waals surface area contributed by atoms with Crippen molar-refractivity contribution in [3.8, 4) is 6.07 Å². The van der Waals surface area contributed by atoms with Crippen molar-refractivity contribution < 1.29 is 0 Å². The third-order valence-corrected chi connectivity index (χ3v) is 3.97. The zero-order chi connectivity index (χ0) is 12.1. The Kier molecular flexibility index (Phi) is 3.81. The fraction of sp³-hybridized carbons (Fsp3) is 0.533. The summed E-state index contributed by atoms with van der Waals surface area (Å²) < 4.78 is 0. The number of hydrogen-bond acceptors (Lipinski definition) is 2. The average molecular weight is 228 g/mol. The molecule has 1 atom stereocenters. The Morgan fingerprint density at radius 3 is 2.76 bits per heavy atom. The maximum absolute atomic E-state index is 8.93. The van der Waals surface area contributed by atoms with Gasteiger partial charge >= 0.3 is 0 Å². The van der Waals surface area contributed by atoms with Crippen LogP contribution < -0.4 is 0 Å². The van der Waals surface area contributed by atoms with E-state index in [1.807, 2.05) is 0 Å². The minimum Gasteiger partial charge on any atom is -0.298 e. The van der Waals surface area contributed by atoms with Crippen molar-refractivity contribution in [3.05, 3.63) is 35.9 Å². The van der Waals surface area contributed by atoms with Crippen molar-refractivity contribution in [2.45, 2.75) is 32.7 Å². The molecule has 0 radical (unpaired) electrons. The molecular formula is C15H20N2. The molecule has 0 saturated carbocycles. The van der Waals surface area contributed by atoms with E-state index in [1.165, 1.54) is 12.0 Å². The van der Waals surface area contributed by atoms with Crippen molar-refractivity contribution in [2.75, 3.05) is 13.1 Å². The summed E-state index contributed by atoms with van der Waals surface area (Å²) in [6.45, 7) is 5.44. The summed E-state index contributed by atoms with van der Waals surface area (Å²) in [5.41, 5.74) is 1.63. The Balaban J connectivity index is 1.96. The van der Waals surface area contributed by atoms with E-state index in [0.29, 0.717) is 6.42 Å². The standard InChI is InChI=1S/C15H20N2/c1-2-15(8-10-16)9-11-17(13-15)12-14-6-4-3-5-7-14/h3-7H,2,8-9,11-13H2,1H3. The minimum atomic E-state index is 0.254. The summed E-state index contributed by atoms with van der Waals surface area (Å²) in [5, 5.41) is 8.93. The second-order valence-electron chi connectivity index (χ2n) is 5.13. The number of rotatable bonds is 4. The van der Waals surface area contributed by atoms with Crippen LogP contribution in [0.5, 0.6) is 0 Å². The summed E-state index contributed by atoms with van der Waals surface area (Å²) in [4.78, 5) is 2.48. The normalized spacial score (nSPS) is 24.7. The SMILES string of the molecule is CCC1(CC#N)CCN(Cc2ccccc2)C1. The summed E-state index contributed by atoms with van der Waals surface area (Å²) in [6, 6.07) is 12.9. The zero-order valence-corrected chi connectivity index (χ0v) is 10.5. The van der Waals surface area contributed by atoms with Gasteiger partial charge < -0.3 is 0 Å². The molecule has 1 aromatic rings. The van der Waals surface area contributed by atoms with Crippen molar-refractivity contribution in [3.63, 3.8) is 0 Å². The number of nitriles is 1. The molecule has 17 heavy (non-hydrogen) atoms. The van der Waals surface area contributed by atoms with Gasteiger partial charge in [0.2, 0.25) is 0 Å². The molecule has 1 heterocycles. The van der Waals surface area contributed by atoms with Crippen LogP contribution in [0.2, 0.25) is 0 Å². The lowest BCUT2D eigenvalue weighted by Crippen LogP contribution is -2.26. The molecule has 0 N–H and O–H groups in total. The number of hydrogen-bond donors (Lipinski definition) is 0. The summed E-state index contributed by atoms with van der Waals surface area (Å²) >= 11 is 0. The van der Waals surface area contributed by atoms with Gasteiger partial charge in [-0.2, -0.15) is 5.26 Å². The molecule has 1 saturated heterocycles. The first-order chi connectivity index (χ1) is 8.28. The van der Waals surface area contributed by atoms with E-state index in [-0.39, 0.29) is 5.41 Å². The molecule has 0 spiro atoms. The van der Waals surface area contributed by atoms with E-state index >= 15 is 0 Å². The van der Waals surface area contributed by atoms with E-state index in [1.54, 1.807) is 0 Å². The predicted molar refractivity (Wildman–Crippen MR) is 69.3 cm³/mol. The summed E-state index contributed by atoms with van der Waals surface area (Å²) in [5.74, 6) is 0. The van der Waals surface area contributed by atoms with Crippen LogP contribution in [-0.2, 0) is 6.54 Å². The lowest BCUT2D eigenvalue weighted by atomic mass is 9.81. The minimum absolute atomic E-state index is 0.254. The number of benzene rings is 1. The Morgan fingerprint density at radius 1 is 1.35 bits per heavy atom. The van der Waals surface area contributed by atoms with Gasteiger partial charge in [-0.25, -0.2) is 0 Å². The Hall–Kier alpha value is -1.33. The van der Waals surface area contributed by atoms with Crippen molar-refractivity contribution >= 4 is 0 Å². The molecule has 2 rings (SSSR count). The van der Waals surface area contributed by atoms with Crippen molar-refractivity contribution in [2.24, 2.45) is 5.41 Å². The van der Waals surface area contributed by atoms with Gasteiger partial charge in [0, 0.05) is 19.5 Å². The van der Waals surface area contributed by atoms with E-state index in [4.69, 9.17) is 5.26 Å². The largest absolute Gasteiger partial charge is 0.298 e. The molecule has 2 heteroatoms. The smallest absolute Gasteiger partial charge is 0.0628 e. The molecule has 2 nitrogen and oxygen atoms in total. The molecular weight excluding hydrogens is 208 g/mol. The Morgan fingerprint density at radius 2 is 2.12 bits per heavy atom. The predicted octanol–water partition coefficient (Wildman–Crippen LogP) is 3.20. The molecule has 0 aromatic heterocycles. The van der Waals surface area contributed by atoms with Gasteiger partial charge in [-0.05, 0) is 30.4 Å². The van der Waals surface area contributed by atoms with Gasteiger partial charge in [-0.1, -0.05) is 37.3 Å². The number of nitrogens with zero attached hydrogens (tertiary/aromatic N) is 2. The van der Waals surface area contributed by atoms with E-state index in [0.717, 1.165) is 26.1 Å². The molecule has 1 aliphatic heterocycles. The van der Waals surface area contributed by atoms with Crippen LogP contribution in [0.25, 0.3) is 0 Å². The Bertz CT molecular complexity index is 393. The highest BCUT2D eigenvalue weighted by molar-refractivity contribution is 5.15. The van der Waals surface area contributed by atoms with Gasteiger partial charge in [0.05, 0.1) is 6.07 Å². The third-order valence-electron chi connectivity index (χ3n) is 3.97. The summed E-state index contributed by atoms with van der Waals surface area (Å²) in [7, 11) is 0. The third kappa shape index (κ3) is 2.87. The summed E-state index contributed by atoms with van der Waals surface area (Å²) in [6.07, 6.45) is 2.99. The molecule has 0 bridgehead atoms. The fourth-order valence-electron chi connectivity index (χ4n) is 2.73. The number of likely N-dealkylation sites (tertiary alicyclic amines) is 1. The highest BCUT2D eigenvalue weighted by Gasteiger charge is 2.36. The van der Waals surface area contributed by atoms with E-state index in [9.17, 15) is 0 Å². The second kappa shape index (κ2) is 5.33. The molecule has 0 amide bonds. The molecule has 1 aromatic carbocycles. The molecule has 90 valence electrons. The van der Waals surface area contributed by atoms with Crippen molar-refractivity contribution in [1.29, 1.82) is 5.26 Å². The van der Waals surface area contributed by atoms with Gasteiger partial charge in [-0.15, -0.1) is 0 Å². The second-order valence-corrected chi connectivity index (χ2v) is 5.13. The van der Waals surface area contributed by atoms with Gasteiger partial charge in [0.15, 0.2) is 0 Å². The molecule has 0 aliphatic carbocycles. The quantitative estimate of drug-likeness (QED) is 0.791. The first-order valence-corrected chi connectivity index (χ1v) is 6.41. The lowest BCUT2D eigenvalue weighted by molar-refractivity contribution is 0.247. The van der Waals surface area contributed by atoms with Crippen LogP contribution in [-0.4, -0.2) is 18.0 Å². The average Bonchev–Trinajstić information content (AvgIpc) is 2.75. The first kappa shape index (κ1) is 12.1. The highest BCUT2D eigenvalue weighted by atomic mass is 15.2.